The van der Waals surface area contributed by atoms with Crippen LogP contribution >= 0.6 is 0 Å². The number of benzene rings is 1. The summed E-state index contributed by atoms with van der Waals surface area (Å²) in [4.78, 5) is 38.1. The number of hydrogen-bond acceptors (Lipinski definition) is 6. The van der Waals surface area contributed by atoms with E-state index in [1.807, 2.05) is 0 Å². The lowest BCUT2D eigenvalue weighted by Crippen LogP contribution is -2.36. The molecule has 33 heavy (non-hydrogen) atoms. The third-order valence-corrected chi connectivity index (χ3v) is 5.49. The van der Waals surface area contributed by atoms with Gasteiger partial charge in [0.25, 0.3) is 17.6 Å². The molecule has 6 N–H and O–H groups in total. The Bertz CT molecular complexity index is 1150. The largest absolute Gasteiger partial charge is 0.399 e. The Morgan fingerprint density at radius 2 is 1.88 bits per heavy atom. The van der Waals surface area contributed by atoms with E-state index in [0.717, 1.165) is 25.0 Å². The molecule has 9 nitrogen and oxygen atoms in total. The van der Waals surface area contributed by atoms with Gasteiger partial charge in [0.2, 0.25) is 0 Å². The van der Waals surface area contributed by atoms with Crippen molar-refractivity contribution >= 4 is 23.3 Å². The summed E-state index contributed by atoms with van der Waals surface area (Å²) < 4.78 is 28.0. The number of amides is 2. The van der Waals surface area contributed by atoms with Crippen LogP contribution in [0.15, 0.2) is 30.1 Å². The van der Waals surface area contributed by atoms with Crippen LogP contribution in [0.25, 0.3) is 0 Å². The third-order valence-electron chi connectivity index (χ3n) is 5.49. The van der Waals surface area contributed by atoms with Crippen LogP contribution in [0.2, 0.25) is 0 Å². The number of ketones is 1. The van der Waals surface area contributed by atoms with Gasteiger partial charge in [0.15, 0.2) is 11.6 Å². The van der Waals surface area contributed by atoms with Crippen LogP contribution in [0.5, 0.6) is 0 Å². The van der Waals surface area contributed by atoms with E-state index in [-0.39, 0.29) is 35.1 Å². The van der Waals surface area contributed by atoms with E-state index in [4.69, 9.17) is 11.6 Å². The maximum Gasteiger partial charge on any atom is 0.292 e. The Hall–Kier alpha value is -3.73. The molecular weight excluding hydrogens is 434 g/mol. The lowest BCUT2D eigenvalue weighted by Gasteiger charge is -2.13. The summed E-state index contributed by atoms with van der Waals surface area (Å²) in [6.07, 6.45) is 3.47. The van der Waals surface area contributed by atoms with Gasteiger partial charge in [-0.15, -0.1) is 0 Å². The lowest BCUT2D eigenvalue weighted by atomic mass is 10.0. The molecule has 11 heteroatoms. The van der Waals surface area contributed by atoms with Crippen molar-refractivity contribution in [3.05, 3.63) is 64.2 Å². The number of hydrogen-bond donors (Lipinski definition) is 4. The predicted molar refractivity (Wildman–Crippen MR) is 118 cm³/mol. The van der Waals surface area contributed by atoms with E-state index in [0.29, 0.717) is 11.4 Å². The normalized spacial score (nSPS) is 13.6. The zero-order valence-corrected chi connectivity index (χ0v) is 18.5. The molecule has 1 aliphatic rings. The number of nitrogens with zero attached hydrogens (tertiary/aromatic N) is 2. The molecule has 2 amide bonds. The van der Waals surface area contributed by atoms with Crippen LogP contribution in [0, 0.1) is 25.5 Å². The quantitative estimate of drug-likeness (QED) is 0.205. The molecule has 1 fully saturated rings. The van der Waals surface area contributed by atoms with Crippen molar-refractivity contribution in [2.45, 2.75) is 32.7 Å². The number of aromatic nitrogens is 1. The highest BCUT2D eigenvalue weighted by atomic mass is 19.2. The summed E-state index contributed by atoms with van der Waals surface area (Å²) in [5, 5.41) is 6.41. The molecule has 3 rings (SSSR count). The summed E-state index contributed by atoms with van der Waals surface area (Å²) in [6.45, 7) is 3.06. The second-order valence-electron chi connectivity index (χ2n) is 7.97. The van der Waals surface area contributed by atoms with Crippen LogP contribution in [-0.2, 0) is 11.8 Å². The Balaban J connectivity index is 1.74. The highest BCUT2D eigenvalue weighted by Crippen LogP contribution is 2.25. The van der Waals surface area contributed by atoms with Gasteiger partial charge in [0, 0.05) is 42.4 Å². The first-order valence-electron chi connectivity index (χ1n) is 10.2. The second kappa shape index (κ2) is 9.41. The van der Waals surface area contributed by atoms with Crippen molar-refractivity contribution in [1.29, 1.82) is 0 Å². The first-order chi connectivity index (χ1) is 15.5. The van der Waals surface area contributed by atoms with Gasteiger partial charge in [-0.1, -0.05) is 0 Å². The highest BCUT2D eigenvalue weighted by molar-refractivity contribution is 6.43. The Morgan fingerprint density at radius 1 is 1.21 bits per heavy atom. The van der Waals surface area contributed by atoms with E-state index < -0.39 is 29.2 Å². The number of rotatable bonds is 8. The fraction of sp³-hybridized carbons (Fsp3) is 0.318. The van der Waals surface area contributed by atoms with E-state index in [2.05, 4.69) is 10.6 Å². The Kier molecular flexibility index (Phi) is 6.82. The van der Waals surface area contributed by atoms with Gasteiger partial charge in [0.05, 0.1) is 12.1 Å². The van der Waals surface area contributed by atoms with E-state index in [9.17, 15) is 23.2 Å². The van der Waals surface area contributed by atoms with Crippen LogP contribution in [-0.4, -0.2) is 39.8 Å². The van der Waals surface area contributed by atoms with Gasteiger partial charge >= 0.3 is 0 Å². The van der Waals surface area contributed by atoms with Gasteiger partial charge in [0.1, 0.15) is 5.69 Å². The van der Waals surface area contributed by atoms with Crippen LogP contribution in [0.4, 0.5) is 14.5 Å². The van der Waals surface area contributed by atoms with Crippen molar-refractivity contribution in [2.75, 3.05) is 11.9 Å². The molecule has 0 bridgehead atoms. The monoisotopic (exact) mass is 460 g/mol. The molecular formula is C22H26F2N6O3. The number of carbonyl (C=O) groups excluding carboxylic acids is 3. The minimum atomic E-state index is -1.11. The summed E-state index contributed by atoms with van der Waals surface area (Å²) in [5.74, 6) is 1.31. The van der Waals surface area contributed by atoms with Crippen molar-refractivity contribution in [3.63, 3.8) is 0 Å². The minimum Gasteiger partial charge on any atom is -0.399 e. The summed E-state index contributed by atoms with van der Waals surface area (Å²) in [5.41, 5.74) is 7.05. The molecule has 1 heterocycles. The average Bonchev–Trinajstić information content (AvgIpc) is 3.57. The van der Waals surface area contributed by atoms with Crippen molar-refractivity contribution in [1.82, 2.24) is 14.9 Å². The number of Topliss-reactive ketones (excluding diaryl/α,β-unsaturated/α-hetero) is 1. The third kappa shape index (κ3) is 5.20. The number of nitrogens with two attached hydrogens (primary N) is 2. The molecule has 0 spiro atoms. The number of anilines is 1. The molecule has 0 atom stereocenters. The molecule has 2 aromatic rings. The number of carbonyl (C=O) groups is 3. The smallest absolute Gasteiger partial charge is 0.292 e. The summed E-state index contributed by atoms with van der Waals surface area (Å²) in [6, 6.07) is 3.19. The highest BCUT2D eigenvalue weighted by Gasteiger charge is 2.29. The van der Waals surface area contributed by atoms with Gasteiger partial charge in [-0.05, 0) is 44.4 Å². The molecule has 176 valence electrons. The van der Waals surface area contributed by atoms with Crippen LogP contribution in [0.3, 0.4) is 0 Å². The van der Waals surface area contributed by atoms with Crippen molar-refractivity contribution in [2.24, 2.45) is 18.6 Å². The SMILES string of the molecule is Cc1c(C(=O)C(=O)NC/C(N)=C/N(N)C2CC2)c(C)n(C)c1C(=O)Nc1ccc(F)c(F)c1. The first kappa shape index (κ1) is 23.9. The number of nitrogens with one attached hydrogen (secondary N) is 2. The molecule has 0 unspecified atom stereocenters. The maximum absolute atomic E-state index is 13.5. The number of hydrazine groups is 1. The Labute approximate surface area is 189 Å². The van der Waals surface area contributed by atoms with Crippen LogP contribution < -0.4 is 22.2 Å². The zero-order valence-electron chi connectivity index (χ0n) is 18.5. The van der Waals surface area contributed by atoms with Crippen molar-refractivity contribution in [3.8, 4) is 0 Å². The standard InChI is InChI=1S/C22H26F2N6O3/c1-11-18(20(31)22(33)27-9-13(25)10-30(26)15-5-6-15)12(2)29(3)19(11)21(32)28-14-4-7-16(23)17(24)8-14/h4,7-8,10,15H,5-6,9,25-26H2,1-3H3,(H,27,33)(H,28,32)/b13-10-. The molecule has 0 aliphatic heterocycles. The Morgan fingerprint density at radius 3 is 2.48 bits per heavy atom. The van der Waals surface area contributed by atoms with Gasteiger partial charge in [-0.3, -0.25) is 14.4 Å². The molecule has 0 radical (unpaired) electrons. The molecule has 1 saturated carbocycles. The van der Waals surface area contributed by atoms with Gasteiger partial charge < -0.3 is 25.9 Å². The van der Waals surface area contributed by atoms with Crippen molar-refractivity contribution < 1.29 is 23.2 Å². The van der Waals surface area contributed by atoms with E-state index >= 15 is 0 Å². The van der Waals surface area contributed by atoms with Gasteiger partial charge in [-0.2, -0.15) is 0 Å². The summed E-state index contributed by atoms with van der Waals surface area (Å²) in [7, 11) is 1.56. The summed E-state index contributed by atoms with van der Waals surface area (Å²) >= 11 is 0. The average molecular weight is 460 g/mol. The fourth-order valence-corrected chi connectivity index (χ4v) is 3.49. The number of halogens is 2. The van der Waals surface area contributed by atoms with E-state index in [1.165, 1.54) is 28.8 Å². The second-order valence-corrected chi connectivity index (χ2v) is 7.97. The fourth-order valence-electron chi connectivity index (χ4n) is 3.49. The predicted octanol–water partition coefficient (Wildman–Crippen LogP) is 1.61. The van der Waals surface area contributed by atoms with Crippen LogP contribution in [0.1, 0.15) is 44.9 Å². The minimum absolute atomic E-state index is 0.0465. The maximum atomic E-state index is 13.5. The molecule has 1 aliphatic carbocycles. The topological polar surface area (TPSA) is 135 Å². The zero-order chi connectivity index (χ0) is 24.4. The first-order valence-corrected chi connectivity index (χ1v) is 10.2. The molecule has 1 aromatic carbocycles. The molecule has 0 saturated heterocycles. The lowest BCUT2D eigenvalue weighted by molar-refractivity contribution is -0.116. The van der Waals surface area contributed by atoms with Gasteiger partial charge in [-0.25, -0.2) is 14.6 Å². The van der Waals surface area contributed by atoms with E-state index in [1.54, 1.807) is 14.0 Å². The molecule has 1 aromatic heterocycles.